The third-order valence-electron chi connectivity index (χ3n) is 3.76. The van der Waals surface area contributed by atoms with Crippen molar-refractivity contribution in [3.8, 4) is 0 Å². The topological polar surface area (TPSA) is 71.1 Å². The Kier molecular flexibility index (Phi) is 3.35. The van der Waals surface area contributed by atoms with Crippen molar-refractivity contribution in [3.63, 3.8) is 0 Å². The predicted octanol–water partition coefficient (Wildman–Crippen LogP) is 1.02. The molecule has 0 amide bonds. The molecule has 2 aliphatic rings. The molecule has 2 bridgehead atoms. The molecule has 0 unspecified atom stereocenters. The van der Waals surface area contributed by atoms with Gasteiger partial charge in [-0.2, -0.15) is 0 Å². The van der Waals surface area contributed by atoms with Crippen LogP contribution < -0.4 is 0 Å². The second kappa shape index (κ2) is 4.45. The van der Waals surface area contributed by atoms with E-state index in [0.29, 0.717) is 6.61 Å². The summed E-state index contributed by atoms with van der Waals surface area (Å²) in [5, 5.41) is 0. The second-order valence-electron chi connectivity index (χ2n) is 5.31. The highest BCUT2D eigenvalue weighted by molar-refractivity contribution is 6.02. The first-order valence-corrected chi connectivity index (χ1v) is 6.52. The summed E-state index contributed by atoms with van der Waals surface area (Å²) >= 11 is 0. The molecular formula is C13H20O6. The third-order valence-corrected chi connectivity index (χ3v) is 3.76. The number of fused-ring (bicyclic) bond motifs is 2. The number of carbonyl (C=O) groups is 2. The van der Waals surface area contributed by atoms with Gasteiger partial charge in [-0.25, -0.2) is 0 Å². The van der Waals surface area contributed by atoms with Gasteiger partial charge in [0.1, 0.15) is 0 Å². The number of carbonyl (C=O) groups excluding carboxylic acids is 2. The van der Waals surface area contributed by atoms with Crippen molar-refractivity contribution in [2.24, 2.45) is 5.41 Å². The molecule has 2 saturated heterocycles. The van der Waals surface area contributed by atoms with Gasteiger partial charge in [0.2, 0.25) is 5.41 Å². The number of hydrogen-bond donors (Lipinski definition) is 0. The number of hydrogen-bond acceptors (Lipinski definition) is 6. The van der Waals surface area contributed by atoms with E-state index in [1.165, 1.54) is 0 Å². The van der Waals surface area contributed by atoms with Crippen LogP contribution in [0.3, 0.4) is 0 Å². The van der Waals surface area contributed by atoms with Crippen LogP contribution in [-0.4, -0.2) is 43.1 Å². The van der Waals surface area contributed by atoms with Crippen molar-refractivity contribution in [2.75, 3.05) is 19.8 Å². The van der Waals surface area contributed by atoms with Gasteiger partial charge in [0, 0.05) is 6.42 Å². The smallest absolute Gasteiger partial charge is 0.329 e. The highest BCUT2D eigenvalue weighted by Crippen LogP contribution is 2.58. The molecule has 0 aromatic heterocycles. The van der Waals surface area contributed by atoms with Crippen LogP contribution >= 0.6 is 0 Å². The zero-order valence-electron chi connectivity index (χ0n) is 11.8. The Labute approximate surface area is 112 Å². The van der Waals surface area contributed by atoms with Crippen molar-refractivity contribution in [1.82, 2.24) is 0 Å². The molecule has 108 valence electrons. The Balaban J connectivity index is 2.42. The van der Waals surface area contributed by atoms with Crippen LogP contribution in [0.2, 0.25) is 0 Å². The summed E-state index contributed by atoms with van der Waals surface area (Å²) in [4.78, 5) is 24.7. The van der Waals surface area contributed by atoms with Gasteiger partial charge in [-0.1, -0.05) is 0 Å². The van der Waals surface area contributed by atoms with Crippen molar-refractivity contribution in [3.05, 3.63) is 0 Å². The molecule has 0 radical (unpaired) electrons. The van der Waals surface area contributed by atoms with Gasteiger partial charge < -0.3 is 18.9 Å². The lowest BCUT2D eigenvalue weighted by molar-refractivity contribution is -0.225. The van der Waals surface area contributed by atoms with Gasteiger partial charge in [-0.15, -0.1) is 0 Å². The first-order chi connectivity index (χ1) is 8.83. The molecule has 2 heterocycles. The van der Waals surface area contributed by atoms with Crippen molar-refractivity contribution < 1.29 is 28.5 Å². The minimum Gasteiger partial charge on any atom is -0.465 e. The number of rotatable bonds is 4. The SMILES string of the molecule is CCOC(=O)C1(C(=O)OCC)C[C@]2(C)CO[C@@]1(C)O2. The third kappa shape index (κ3) is 1.85. The highest BCUT2D eigenvalue weighted by Gasteiger charge is 2.76. The summed E-state index contributed by atoms with van der Waals surface area (Å²) in [5.41, 5.74) is -2.19. The van der Waals surface area contributed by atoms with Gasteiger partial charge >= 0.3 is 11.9 Å². The predicted molar refractivity (Wildman–Crippen MR) is 64.2 cm³/mol. The molecule has 2 rings (SSSR count). The van der Waals surface area contributed by atoms with Crippen LogP contribution in [0.1, 0.15) is 34.1 Å². The Hall–Kier alpha value is -1.14. The molecule has 0 saturated carbocycles. The van der Waals surface area contributed by atoms with Gasteiger partial charge in [0.05, 0.1) is 25.4 Å². The van der Waals surface area contributed by atoms with Crippen LogP contribution in [0.25, 0.3) is 0 Å². The molecule has 0 aliphatic carbocycles. The monoisotopic (exact) mass is 272 g/mol. The first-order valence-electron chi connectivity index (χ1n) is 6.52. The lowest BCUT2D eigenvalue weighted by Gasteiger charge is -2.37. The van der Waals surface area contributed by atoms with E-state index in [0.717, 1.165) is 0 Å². The number of ether oxygens (including phenoxy) is 4. The molecule has 2 aliphatic heterocycles. The van der Waals surface area contributed by atoms with E-state index in [-0.39, 0.29) is 19.6 Å². The van der Waals surface area contributed by atoms with Crippen molar-refractivity contribution in [2.45, 2.75) is 45.5 Å². The summed E-state index contributed by atoms with van der Waals surface area (Å²) in [6.07, 6.45) is 0.216. The molecule has 0 aromatic carbocycles. The molecule has 0 spiro atoms. The van der Waals surface area contributed by atoms with Crippen LogP contribution in [0.15, 0.2) is 0 Å². The maximum atomic E-state index is 12.3. The van der Waals surface area contributed by atoms with Crippen LogP contribution in [-0.2, 0) is 28.5 Å². The van der Waals surface area contributed by atoms with Crippen molar-refractivity contribution in [1.29, 1.82) is 0 Å². The average Bonchev–Trinajstić information content (AvgIpc) is 2.76. The highest BCUT2D eigenvalue weighted by atomic mass is 16.8. The fourth-order valence-corrected chi connectivity index (χ4v) is 2.95. The maximum absolute atomic E-state index is 12.3. The maximum Gasteiger partial charge on any atom is 0.329 e. The number of esters is 2. The molecule has 0 N–H and O–H groups in total. The second-order valence-corrected chi connectivity index (χ2v) is 5.31. The van der Waals surface area contributed by atoms with Crippen LogP contribution in [0.4, 0.5) is 0 Å². The fraction of sp³-hybridized carbons (Fsp3) is 0.846. The largest absolute Gasteiger partial charge is 0.465 e. The van der Waals surface area contributed by atoms with Gasteiger partial charge in [-0.3, -0.25) is 9.59 Å². The van der Waals surface area contributed by atoms with E-state index in [1.807, 2.05) is 6.92 Å². The van der Waals surface area contributed by atoms with E-state index in [2.05, 4.69) is 0 Å². The van der Waals surface area contributed by atoms with Crippen LogP contribution in [0, 0.1) is 5.41 Å². The van der Waals surface area contributed by atoms with E-state index in [9.17, 15) is 9.59 Å². The minimum atomic E-state index is -1.54. The Morgan fingerprint density at radius 3 is 1.95 bits per heavy atom. The summed E-state index contributed by atoms with van der Waals surface area (Å²) in [6.45, 7) is 7.52. The fourth-order valence-electron chi connectivity index (χ4n) is 2.95. The van der Waals surface area contributed by atoms with Crippen molar-refractivity contribution >= 4 is 11.9 Å². The van der Waals surface area contributed by atoms with E-state index in [1.54, 1.807) is 20.8 Å². The molecule has 6 heteroatoms. The zero-order chi connectivity index (χ0) is 14.3. The standard InChI is InChI=1S/C13H20O6/c1-5-16-9(14)13(10(15)17-6-2)7-11(3)8-18-12(13,4)19-11/h5-8H2,1-4H3/t11-,12+/m1/s1. The average molecular weight is 272 g/mol. The Morgan fingerprint density at radius 1 is 1.11 bits per heavy atom. The molecule has 0 aromatic rings. The molecule has 2 atom stereocenters. The summed E-state index contributed by atoms with van der Waals surface area (Å²) < 4.78 is 21.5. The van der Waals surface area contributed by atoms with E-state index >= 15 is 0 Å². The van der Waals surface area contributed by atoms with Gasteiger partial charge in [0.15, 0.2) is 5.79 Å². The lowest BCUT2D eigenvalue weighted by atomic mass is 9.73. The summed E-state index contributed by atoms with van der Waals surface area (Å²) in [7, 11) is 0. The minimum absolute atomic E-state index is 0.187. The molecule has 19 heavy (non-hydrogen) atoms. The Bertz CT molecular complexity index is 388. The van der Waals surface area contributed by atoms with E-state index in [4.69, 9.17) is 18.9 Å². The molecule has 2 fully saturated rings. The molecule has 6 nitrogen and oxygen atoms in total. The Morgan fingerprint density at radius 2 is 1.63 bits per heavy atom. The van der Waals surface area contributed by atoms with E-state index < -0.39 is 28.7 Å². The first kappa shape index (κ1) is 14.3. The quantitative estimate of drug-likeness (QED) is 0.562. The van der Waals surface area contributed by atoms with Crippen LogP contribution in [0.5, 0.6) is 0 Å². The van der Waals surface area contributed by atoms with Gasteiger partial charge in [0.25, 0.3) is 0 Å². The lowest BCUT2D eigenvalue weighted by Crippen LogP contribution is -2.57. The summed E-state index contributed by atoms with van der Waals surface area (Å²) in [6, 6.07) is 0. The molecular weight excluding hydrogens is 252 g/mol. The summed E-state index contributed by atoms with van der Waals surface area (Å²) in [5.74, 6) is -2.60. The zero-order valence-corrected chi connectivity index (χ0v) is 11.8. The van der Waals surface area contributed by atoms with Gasteiger partial charge in [-0.05, 0) is 27.7 Å². The normalized spacial score (nSPS) is 35.2.